The maximum atomic E-state index is 11.1. The van der Waals surface area contributed by atoms with Crippen LogP contribution < -0.4 is 0 Å². The van der Waals surface area contributed by atoms with E-state index in [0.29, 0.717) is 11.6 Å². The van der Waals surface area contributed by atoms with Crippen molar-refractivity contribution in [2.24, 2.45) is 0 Å². The molecule has 3 rings (SSSR count). The average Bonchev–Trinajstić information content (AvgIpc) is 3.06. The van der Waals surface area contributed by atoms with Gasteiger partial charge in [0.05, 0.1) is 11.3 Å². The Hall–Kier alpha value is -2.14. The third kappa shape index (κ3) is 2.76. The minimum atomic E-state index is -0.874. The van der Waals surface area contributed by atoms with Crippen molar-refractivity contribution in [1.29, 1.82) is 0 Å². The van der Waals surface area contributed by atoms with Crippen LogP contribution in [0, 0.1) is 13.8 Å². The Morgan fingerprint density at radius 3 is 2.95 bits per heavy atom. The highest BCUT2D eigenvalue weighted by molar-refractivity contribution is 5.87. The number of aromatic nitrogens is 2. The maximum absolute atomic E-state index is 11.1. The van der Waals surface area contributed by atoms with E-state index in [1.807, 2.05) is 19.1 Å². The number of benzene rings is 1. The predicted molar refractivity (Wildman–Crippen MR) is 83.8 cm³/mol. The van der Waals surface area contributed by atoms with Gasteiger partial charge < -0.3 is 5.11 Å². The van der Waals surface area contributed by atoms with Crippen LogP contribution in [0.4, 0.5) is 0 Å². The van der Waals surface area contributed by atoms with Crippen LogP contribution in [0.25, 0.3) is 0 Å². The van der Waals surface area contributed by atoms with Gasteiger partial charge in [-0.05, 0) is 50.9 Å². The molecule has 1 fully saturated rings. The van der Waals surface area contributed by atoms with Crippen LogP contribution in [0.5, 0.6) is 0 Å². The van der Waals surface area contributed by atoms with Crippen molar-refractivity contribution >= 4 is 5.97 Å². The molecule has 0 spiro atoms. The lowest BCUT2D eigenvalue weighted by Gasteiger charge is -2.25. The summed E-state index contributed by atoms with van der Waals surface area (Å²) in [7, 11) is 0. The third-order valence-electron chi connectivity index (χ3n) is 4.44. The largest absolute Gasteiger partial charge is 0.478 e. The molecule has 0 amide bonds. The smallest absolute Gasteiger partial charge is 0.335 e. The van der Waals surface area contributed by atoms with Gasteiger partial charge in [-0.15, -0.1) is 0 Å². The van der Waals surface area contributed by atoms with Crippen molar-refractivity contribution < 1.29 is 9.90 Å². The van der Waals surface area contributed by atoms with E-state index >= 15 is 0 Å². The standard InChI is InChI=1S/C17H21N3O2/c1-11-16(12(2)19-18-11)15-7-4-8-20(15)10-13-5-3-6-14(9-13)17(21)22/h3,5-6,9,15H,4,7-8,10H2,1-2H3,(H,18,19)(H,21,22). The molecule has 0 saturated carbocycles. The Morgan fingerprint density at radius 2 is 2.27 bits per heavy atom. The Balaban J connectivity index is 1.82. The van der Waals surface area contributed by atoms with Crippen molar-refractivity contribution in [2.75, 3.05) is 6.54 Å². The van der Waals surface area contributed by atoms with Crippen LogP contribution in [-0.4, -0.2) is 32.7 Å². The highest BCUT2D eigenvalue weighted by Gasteiger charge is 2.29. The number of likely N-dealkylation sites (tertiary alicyclic amines) is 1. The minimum absolute atomic E-state index is 0.351. The van der Waals surface area contributed by atoms with Crippen LogP contribution in [0.2, 0.25) is 0 Å². The van der Waals surface area contributed by atoms with E-state index in [0.717, 1.165) is 42.9 Å². The molecule has 0 bridgehead atoms. The summed E-state index contributed by atoms with van der Waals surface area (Å²) >= 11 is 0. The molecule has 1 aliphatic rings. The number of hydrogen-bond donors (Lipinski definition) is 2. The van der Waals surface area contributed by atoms with Crippen LogP contribution >= 0.6 is 0 Å². The van der Waals surface area contributed by atoms with Gasteiger partial charge in [-0.25, -0.2) is 4.79 Å². The molecular formula is C17H21N3O2. The highest BCUT2D eigenvalue weighted by atomic mass is 16.4. The van der Waals surface area contributed by atoms with E-state index in [9.17, 15) is 4.79 Å². The van der Waals surface area contributed by atoms with Gasteiger partial charge in [-0.1, -0.05) is 12.1 Å². The summed E-state index contributed by atoms with van der Waals surface area (Å²) in [5, 5.41) is 16.5. The van der Waals surface area contributed by atoms with E-state index in [1.165, 1.54) is 5.56 Å². The second-order valence-electron chi connectivity index (χ2n) is 5.98. The van der Waals surface area contributed by atoms with Crippen LogP contribution in [-0.2, 0) is 6.54 Å². The molecule has 22 heavy (non-hydrogen) atoms. The minimum Gasteiger partial charge on any atom is -0.478 e. The summed E-state index contributed by atoms with van der Waals surface area (Å²) in [4.78, 5) is 13.5. The fraction of sp³-hybridized carbons (Fsp3) is 0.412. The molecule has 1 atom stereocenters. The molecule has 5 heteroatoms. The number of aromatic amines is 1. The molecule has 0 aliphatic carbocycles. The Morgan fingerprint density at radius 1 is 1.45 bits per heavy atom. The fourth-order valence-corrected chi connectivity index (χ4v) is 3.43. The summed E-state index contributed by atoms with van der Waals surface area (Å²) in [5.41, 5.74) is 4.89. The first-order chi connectivity index (χ1) is 10.6. The molecule has 0 radical (unpaired) electrons. The van der Waals surface area contributed by atoms with E-state index in [4.69, 9.17) is 5.11 Å². The number of aromatic carboxylic acids is 1. The van der Waals surface area contributed by atoms with E-state index in [-0.39, 0.29) is 0 Å². The molecule has 1 aromatic heterocycles. The van der Waals surface area contributed by atoms with Gasteiger partial charge in [-0.2, -0.15) is 5.10 Å². The highest BCUT2D eigenvalue weighted by Crippen LogP contribution is 2.35. The predicted octanol–water partition coefficient (Wildman–Crippen LogP) is 3.06. The molecule has 5 nitrogen and oxygen atoms in total. The summed E-state index contributed by atoms with van der Waals surface area (Å²) < 4.78 is 0. The number of nitrogens with zero attached hydrogens (tertiary/aromatic N) is 2. The van der Waals surface area contributed by atoms with Gasteiger partial charge in [0.1, 0.15) is 0 Å². The second kappa shape index (κ2) is 5.93. The SMILES string of the molecule is Cc1n[nH]c(C)c1C1CCCN1Cc1cccc(C(=O)O)c1. The average molecular weight is 299 g/mol. The first-order valence-electron chi connectivity index (χ1n) is 7.64. The third-order valence-corrected chi connectivity index (χ3v) is 4.44. The van der Waals surface area contributed by atoms with Crippen molar-refractivity contribution in [3.63, 3.8) is 0 Å². The van der Waals surface area contributed by atoms with Crippen molar-refractivity contribution in [3.05, 3.63) is 52.3 Å². The maximum Gasteiger partial charge on any atom is 0.335 e. The number of hydrogen-bond acceptors (Lipinski definition) is 3. The normalized spacial score (nSPS) is 18.7. The Kier molecular flexibility index (Phi) is 3.98. The molecule has 2 N–H and O–H groups in total. The molecule has 2 aromatic rings. The van der Waals surface area contributed by atoms with Gasteiger partial charge in [0.15, 0.2) is 0 Å². The van der Waals surface area contributed by atoms with E-state index in [1.54, 1.807) is 12.1 Å². The summed E-state index contributed by atoms with van der Waals surface area (Å²) in [6, 6.07) is 7.59. The van der Waals surface area contributed by atoms with E-state index < -0.39 is 5.97 Å². The van der Waals surface area contributed by atoms with Crippen LogP contribution in [0.3, 0.4) is 0 Å². The lowest BCUT2D eigenvalue weighted by atomic mass is 10.0. The van der Waals surface area contributed by atoms with E-state index in [2.05, 4.69) is 22.0 Å². The zero-order chi connectivity index (χ0) is 15.7. The number of rotatable bonds is 4. The van der Waals surface area contributed by atoms with Crippen molar-refractivity contribution in [1.82, 2.24) is 15.1 Å². The summed E-state index contributed by atoms with van der Waals surface area (Å²) in [6.45, 7) is 5.92. The zero-order valence-corrected chi connectivity index (χ0v) is 13.0. The number of carboxylic acids is 1. The Bertz CT molecular complexity index is 673. The second-order valence-corrected chi connectivity index (χ2v) is 5.98. The zero-order valence-electron chi connectivity index (χ0n) is 13.0. The molecule has 116 valence electrons. The first-order valence-corrected chi connectivity index (χ1v) is 7.64. The van der Waals surface area contributed by atoms with Crippen LogP contribution in [0.15, 0.2) is 24.3 Å². The van der Waals surface area contributed by atoms with Crippen LogP contribution in [0.1, 0.15) is 51.8 Å². The fourth-order valence-electron chi connectivity index (χ4n) is 3.43. The number of nitrogens with one attached hydrogen (secondary N) is 1. The topological polar surface area (TPSA) is 69.2 Å². The molecule has 1 aliphatic heterocycles. The summed E-state index contributed by atoms with van der Waals surface area (Å²) in [6.07, 6.45) is 2.28. The molecular weight excluding hydrogens is 278 g/mol. The number of carboxylic acid groups (broad SMARTS) is 1. The molecule has 2 heterocycles. The summed E-state index contributed by atoms with van der Waals surface area (Å²) in [5.74, 6) is -0.874. The molecule has 1 unspecified atom stereocenters. The lowest BCUT2D eigenvalue weighted by molar-refractivity contribution is 0.0696. The number of H-pyrrole nitrogens is 1. The van der Waals surface area contributed by atoms with Crippen molar-refractivity contribution in [3.8, 4) is 0 Å². The van der Waals surface area contributed by atoms with Gasteiger partial charge in [0.25, 0.3) is 0 Å². The van der Waals surface area contributed by atoms with Gasteiger partial charge in [0.2, 0.25) is 0 Å². The molecule has 1 aromatic carbocycles. The Labute approximate surface area is 130 Å². The van der Waals surface area contributed by atoms with Gasteiger partial charge in [0, 0.05) is 23.8 Å². The quantitative estimate of drug-likeness (QED) is 0.910. The van der Waals surface area contributed by atoms with Crippen molar-refractivity contribution in [2.45, 2.75) is 39.3 Å². The number of aryl methyl sites for hydroxylation is 2. The molecule has 1 saturated heterocycles. The lowest BCUT2D eigenvalue weighted by Crippen LogP contribution is -2.23. The monoisotopic (exact) mass is 299 g/mol. The van der Waals surface area contributed by atoms with Gasteiger partial charge >= 0.3 is 5.97 Å². The number of carbonyl (C=O) groups is 1. The first kappa shape index (κ1) is 14.8. The van der Waals surface area contributed by atoms with Gasteiger partial charge in [-0.3, -0.25) is 10.00 Å².